The molecule has 0 saturated carbocycles. The van der Waals surface area contributed by atoms with Gasteiger partial charge >= 0.3 is 0 Å². The summed E-state index contributed by atoms with van der Waals surface area (Å²) in [5, 5.41) is 7.26. The van der Waals surface area contributed by atoms with E-state index >= 15 is 0 Å². The number of nitrogens with one attached hydrogen (secondary N) is 1. The van der Waals surface area contributed by atoms with Gasteiger partial charge in [0.2, 0.25) is 11.8 Å². The Balaban J connectivity index is 1.74. The molecule has 134 valence electrons. The quantitative estimate of drug-likeness (QED) is 0.790. The number of anilines is 1. The molecule has 0 aliphatic heterocycles. The molecule has 0 saturated heterocycles. The van der Waals surface area contributed by atoms with Gasteiger partial charge in [-0.05, 0) is 37.5 Å². The fourth-order valence-electron chi connectivity index (χ4n) is 2.24. The van der Waals surface area contributed by atoms with Gasteiger partial charge in [0, 0.05) is 19.5 Å². The summed E-state index contributed by atoms with van der Waals surface area (Å²) >= 11 is 11.8. The van der Waals surface area contributed by atoms with Crippen LogP contribution in [0.3, 0.4) is 0 Å². The van der Waals surface area contributed by atoms with E-state index in [2.05, 4.69) is 10.5 Å². The first-order chi connectivity index (χ1) is 11.8. The highest BCUT2D eigenvalue weighted by Gasteiger charge is 2.14. The number of halogens is 2. The number of amides is 2. The Morgan fingerprint density at radius 1 is 1.24 bits per heavy atom. The molecule has 0 radical (unpaired) electrons. The molecule has 0 fully saturated rings. The molecule has 0 aliphatic rings. The molecule has 1 aromatic carbocycles. The van der Waals surface area contributed by atoms with Crippen molar-refractivity contribution in [3.05, 3.63) is 45.6 Å². The summed E-state index contributed by atoms with van der Waals surface area (Å²) in [5.74, 6) is 0.505. The lowest BCUT2D eigenvalue weighted by molar-refractivity contribution is -0.133. The first-order valence-corrected chi connectivity index (χ1v) is 8.52. The van der Waals surface area contributed by atoms with Crippen LogP contribution in [0.15, 0.2) is 28.8 Å². The monoisotopic (exact) mass is 383 g/mol. The standard InChI is InChI=1S/C17H19Cl2N3O3/c1-11-8-15(21-25-11)20-16(23)10-22(2)17(24)5-3-4-12-6-7-13(18)14(19)9-12/h6-9H,3-5,10H2,1-2H3,(H,20,21,23). The zero-order valence-electron chi connectivity index (χ0n) is 14.0. The summed E-state index contributed by atoms with van der Waals surface area (Å²) in [6.45, 7) is 1.68. The maximum absolute atomic E-state index is 12.1. The minimum atomic E-state index is -0.325. The number of carbonyl (C=O) groups is 2. The number of benzene rings is 1. The smallest absolute Gasteiger partial charge is 0.245 e. The molecule has 0 bridgehead atoms. The number of hydrogen-bond donors (Lipinski definition) is 1. The second-order valence-electron chi connectivity index (χ2n) is 5.72. The molecule has 8 heteroatoms. The summed E-state index contributed by atoms with van der Waals surface area (Å²) < 4.78 is 4.87. The number of rotatable bonds is 7. The number of nitrogens with zero attached hydrogens (tertiary/aromatic N) is 2. The Bertz CT molecular complexity index is 761. The van der Waals surface area contributed by atoms with Crippen LogP contribution in [0.5, 0.6) is 0 Å². The fraction of sp³-hybridized carbons (Fsp3) is 0.353. The molecule has 0 aliphatic carbocycles. The van der Waals surface area contributed by atoms with Gasteiger partial charge < -0.3 is 14.7 Å². The van der Waals surface area contributed by atoms with Crippen molar-refractivity contribution in [3.8, 4) is 0 Å². The Kier molecular flexibility index (Phi) is 6.84. The molecular formula is C17H19Cl2N3O3. The number of hydrogen-bond acceptors (Lipinski definition) is 4. The first-order valence-electron chi connectivity index (χ1n) is 7.76. The van der Waals surface area contributed by atoms with Crippen LogP contribution in [-0.2, 0) is 16.0 Å². The highest BCUT2D eigenvalue weighted by molar-refractivity contribution is 6.42. The van der Waals surface area contributed by atoms with Crippen LogP contribution in [-0.4, -0.2) is 35.5 Å². The van der Waals surface area contributed by atoms with Gasteiger partial charge in [0.1, 0.15) is 5.76 Å². The second-order valence-corrected chi connectivity index (χ2v) is 6.54. The van der Waals surface area contributed by atoms with Crippen molar-refractivity contribution >= 4 is 40.8 Å². The van der Waals surface area contributed by atoms with Crippen LogP contribution < -0.4 is 5.32 Å². The zero-order chi connectivity index (χ0) is 18.4. The molecule has 0 unspecified atom stereocenters. The summed E-state index contributed by atoms with van der Waals surface area (Å²) in [6, 6.07) is 7.03. The summed E-state index contributed by atoms with van der Waals surface area (Å²) in [4.78, 5) is 25.4. The maximum Gasteiger partial charge on any atom is 0.245 e. The van der Waals surface area contributed by atoms with Crippen LogP contribution in [0.25, 0.3) is 0 Å². The van der Waals surface area contributed by atoms with E-state index in [9.17, 15) is 9.59 Å². The van der Waals surface area contributed by atoms with E-state index in [-0.39, 0.29) is 18.4 Å². The van der Waals surface area contributed by atoms with Gasteiger partial charge in [0.25, 0.3) is 0 Å². The van der Waals surface area contributed by atoms with Gasteiger partial charge in [-0.1, -0.05) is 34.4 Å². The van der Waals surface area contributed by atoms with Crippen LogP contribution in [0, 0.1) is 6.92 Å². The van der Waals surface area contributed by atoms with E-state index in [4.69, 9.17) is 27.7 Å². The maximum atomic E-state index is 12.1. The van der Waals surface area contributed by atoms with Gasteiger partial charge in [-0.25, -0.2) is 0 Å². The summed E-state index contributed by atoms with van der Waals surface area (Å²) in [6.07, 6.45) is 1.71. The average molecular weight is 384 g/mol. The van der Waals surface area contributed by atoms with Crippen LogP contribution in [0.4, 0.5) is 5.82 Å². The van der Waals surface area contributed by atoms with Gasteiger partial charge in [0.15, 0.2) is 5.82 Å². The lowest BCUT2D eigenvalue weighted by Crippen LogP contribution is -2.34. The number of aryl methyl sites for hydroxylation is 2. The normalized spacial score (nSPS) is 10.6. The molecule has 0 spiro atoms. The van der Waals surface area contributed by atoms with E-state index in [0.717, 1.165) is 5.56 Å². The SMILES string of the molecule is Cc1cc(NC(=O)CN(C)C(=O)CCCc2ccc(Cl)c(Cl)c2)no1. The van der Waals surface area contributed by atoms with Crippen molar-refractivity contribution in [1.82, 2.24) is 10.1 Å². The van der Waals surface area contributed by atoms with Crippen LogP contribution >= 0.6 is 23.2 Å². The lowest BCUT2D eigenvalue weighted by atomic mass is 10.1. The predicted molar refractivity (Wildman–Crippen MR) is 96.9 cm³/mol. The van der Waals surface area contributed by atoms with E-state index in [1.54, 1.807) is 32.2 Å². The van der Waals surface area contributed by atoms with Crippen LogP contribution in [0.1, 0.15) is 24.2 Å². The minimum Gasteiger partial charge on any atom is -0.360 e. The topological polar surface area (TPSA) is 75.4 Å². The summed E-state index contributed by atoms with van der Waals surface area (Å²) in [5.41, 5.74) is 1.02. The van der Waals surface area contributed by atoms with Crippen molar-refractivity contribution in [2.75, 3.05) is 18.9 Å². The van der Waals surface area contributed by atoms with Gasteiger partial charge in [-0.2, -0.15) is 0 Å². The number of likely N-dealkylation sites (N-methyl/N-ethyl adjacent to an activating group) is 1. The highest BCUT2D eigenvalue weighted by Crippen LogP contribution is 2.23. The Labute approximate surface area is 156 Å². The van der Waals surface area contributed by atoms with Crippen molar-refractivity contribution in [3.63, 3.8) is 0 Å². The molecular weight excluding hydrogens is 365 g/mol. The molecule has 1 heterocycles. The van der Waals surface area contributed by atoms with E-state index in [0.29, 0.717) is 40.9 Å². The molecule has 6 nitrogen and oxygen atoms in total. The van der Waals surface area contributed by atoms with E-state index in [1.807, 2.05) is 6.07 Å². The second kappa shape index (κ2) is 8.87. The van der Waals surface area contributed by atoms with Crippen LogP contribution in [0.2, 0.25) is 10.0 Å². The minimum absolute atomic E-state index is 0.0441. The molecule has 25 heavy (non-hydrogen) atoms. The third-order valence-electron chi connectivity index (χ3n) is 3.54. The van der Waals surface area contributed by atoms with Gasteiger partial charge in [-0.3, -0.25) is 9.59 Å². The lowest BCUT2D eigenvalue weighted by Gasteiger charge is -2.16. The third kappa shape index (κ3) is 6.07. The first kappa shape index (κ1) is 19.3. The Hall–Kier alpha value is -2.05. The number of aromatic nitrogens is 1. The Morgan fingerprint density at radius 3 is 2.64 bits per heavy atom. The molecule has 1 aromatic heterocycles. The Morgan fingerprint density at radius 2 is 2.00 bits per heavy atom. The number of carbonyl (C=O) groups excluding carboxylic acids is 2. The van der Waals surface area contributed by atoms with Gasteiger partial charge in [0.05, 0.1) is 16.6 Å². The van der Waals surface area contributed by atoms with Gasteiger partial charge in [-0.15, -0.1) is 0 Å². The molecule has 2 rings (SSSR count). The molecule has 2 amide bonds. The largest absolute Gasteiger partial charge is 0.360 e. The highest BCUT2D eigenvalue weighted by atomic mass is 35.5. The molecule has 1 N–H and O–H groups in total. The van der Waals surface area contributed by atoms with E-state index < -0.39 is 0 Å². The third-order valence-corrected chi connectivity index (χ3v) is 4.28. The average Bonchev–Trinajstić information content (AvgIpc) is 2.95. The van der Waals surface area contributed by atoms with Crippen molar-refractivity contribution in [2.24, 2.45) is 0 Å². The van der Waals surface area contributed by atoms with Crippen molar-refractivity contribution in [1.29, 1.82) is 0 Å². The predicted octanol–water partition coefficient (Wildman–Crippen LogP) is 3.71. The molecule has 2 aromatic rings. The molecule has 0 atom stereocenters. The van der Waals surface area contributed by atoms with E-state index in [1.165, 1.54) is 4.90 Å². The zero-order valence-corrected chi connectivity index (χ0v) is 15.5. The van der Waals surface area contributed by atoms with Crippen molar-refractivity contribution in [2.45, 2.75) is 26.2 Å². The summed E-state index contributed by atoms with van der Waals surface area (Å²) in [7, 11) is 1.59. The van der Waals surface area contributed by atoms with Crippen molar-refractivity contribution < 1.29 is 14.1 Å². The fourth-order valence-corrected chi connectivity index (χ4v) is 2.56.